The minimum atomic E-state index is 0.711. The highest BCUT2D eigenvalue weighted by Crippen LogP contribution is 2.29. The molecule has 0 amide bonds. The minimum absolute atomic E-state index is 0.711. The zero-order chi connectivity index (χ0) is 14.4. The number of pyridine rings is 1. The molecule has 0 saturated carbocycles. The van der Waals surface area contributed by atoms with Crippen molar-refractivity contribution >= 4 is 27.6 Å². The van der Waals surface area contributed by atoms with E-state index < -0.39 is 0 Å². The van der Waals surface area contributed by atoms with E-state index in [0.717, 1.165) is 33.2 Å². The van der Waals surface area contributed by atoms with Crippen molar-refractivity contribution in [3.63, 3.8) is 0 Å². The van der Waals surface area contributed by atoms with E-state index in [9.17, 15) is 0 Å². The standard InChI is InChI=1S/C17H14N4/c1-10-6-15-17(19-9-10)21-16(20-15)13-7-11-4-2-3-5-12(11)8-14(13)18/h2-9H,18H2,1H3,(H,19,20,21). The predicted octanol–water partition coefficient (Wildman–Crippen LogP) is 3.67. The average Bonchev–Trinajstić information content (AvgIpc) is 2.89. The molecule has 2 heterocycles. The third-order valence-corrected chi connectivity index (χ3v) is 3.65. The van der Waals surface area contributed by atoms with Gasteiger partial charge in [-0.2, -0.15) is 0 Å². The van der Waals surface area contributed by atoms with Gasteiger partial charge in [-0.05, 0) is 41.5 Å². The van der Waals surface area contributed by atoms with Crippen LogP contribution >= 0.6 is 0 Å². The highest BCUT2D eigenvalue weighted by atomic mass is 15.0. The summed E-state index contributed by atoms with van der Waals surface area (Å²) < 4.78 is 0. The molecule has 0 unspecified atom stereocenters. The summed E-state index contributed by atoms with van der Waals surface area (Å²) in [5, 5.41) is 2.27. The zero-order valence-corrected chi connectivity index (χ0v) is 11.6. The molecule has 2 aromatic heterocycles. The van der Waals surface area contributed by atoms with Gasteiger partial charge in [-0.25, -0.2) is 9.97 Å². The number of fused-ring (bicyclic) bond motifs is 2. The number of imidazole rings is 1. The number of H-pyrrole nitrogens is 1. The topological polar surface area (TPSA) is 67.6 Å². The Morgan fingerprint density at radius 2 is 1.81 bits per heavy atom. The maximum absolute atomic E-state index is 6.19. The third-order valence-electron chi connectivity index (χ3n) is 3.65. The van der Waals surface area contributed by atoms with E-state index >= 15 is 0 Å². The van der Waals surface area contributed by atoms with Crippen LogP contribution in [0.5, 0.6) is 0 Å². The van der Waals surface area contributed by atoms with E-state index in [0.29, 0.717) is 11.3 Å². The number of aryl methyl sites for hydroxylation is 1. The molecule has 0 spiro atoms. The first kappa shape index (κ1) is 11.9. The van der Waals surface area contributed by atoms with Crippen molar-refractivity contribution in [2.75, 3.05) is 5.73 Å². The molecule has 3 N–H and O–H groups in total. The van der Waals surface area contributed by atoms with Gasteiger partial charge in [0.25, 0.3) is 0 Å². The van der Waals surface area contributed by atoms with Crippen molar-refractivity contribution < 1.29 is 0 Å². The monoisotopic (exact) mass is 274 g/mol. The number of benzene rings is 2. The van der Waals surface area contributed by atoms with E-state index in [1.807, 2.05) is 37.4 Å². The van der Waals surface area contributed by atoms with Gasteiger partial charge in [0.05, 0.1) is 5.52 Å². The normalized spacial score (nSPS) is 11.3. The van der Waals surface area contributed by atoms with Crippen molar-refractivity contribution in [3.05, 3.63) is 54.2 Å². The fourth-order valence-electron chi connectivity index (χ4n) is 2.60. The lowest BCUT2D eigenvalue weighted by Crippen LogP contribution is -1.91. The van der Waals surface area contributed by atoms with Crippen LogP contribution in [0, 0.1) is 6.92 Å². The van der Waals surface area contributed by atoms with Crippen LogP contribution in [0.3, 0.4) is 0 Å². The van der Waals surface area contributed by atoms with E-state index in [2.05, 4.69) is 33.2 Å². The second-order valence-electron chi connectivity index (χ2n) is 5.26. The summed E-state index contributed by atoms with van der Waals surface area (Å²) in [4.78, 5) is 12.2. The Morgan fingerprint density at radius 1 is 1.05 bits per heavy atom. The maximum Gasteiger partial charge on any atom is 0.178 e. The number of nitrogen functional groups attached to an aromatic ring is 1. The van der Waals surface area contributed by atoms with Crippen molar-refractivity contribution in [2.45, 2.75) is 6.92 Å². The Morgan fingerprint density at radius 3 is 2.62 bits per heavy atom. The molecule has 0 aliphatic heterocycles. The van der Waals surface area contributed by atoms with Gasteiger partial charge in [-0.15, -0.1) is 0 Å². The second kappa shape index (κ2) is 4.31. The summed E-state index contributed by atoms with van der Waals surface area (Å²) in [5.74, 6) is 0.756. The summed E-state index contributed by atoms with van der Waals surface area (Å²) in [5.41, 5.74) is 10.5. The van der Waals surface area contributed by atoms with Gasteiger partial charge in [-0.1, -0.05) is 24.3 Å². The molecule has 4 aromatic rings. The molecular formula is C17H14N4. The summed E-state index contributed by atoms with van der Waals surface area (Å²) >= 11 is 0. The first-order valence-electron chi connectivity index (χ1n) is 6.82. The number of hydrogen-bond donors (Lipinski definition) is 2. The van der Waals surface area contributed by atoms with Crippen molar-refractivity contribution in [1.82, 2.24) is 15.0 Å². The fourth-order valence-corrected chi connectivity index (χ4v) is 2.60. The van der Waals surface area contributed by atoms with Gasteiger partial charge in [0.15, 0.2) is 5.65 Å². The van der Waals surface area contributed by atoms with Gasteiger partial charge in [0, 0.05) is 17.4 Å². The van der Waals surface area contributed by atoms with Crippen LogP contribution in [0.15, 0.2) is 48.7 Å². The van der Waals surface area contributed by atoms with Gasteiger partial charge < -0.3 is 10.7 Å². The van der Waals surface area contributed by atoms with E-state index in [4.69, 9.17) is 5.73 Å². The second-order valence-corrected chi connectivity index (χ2v) is 5.26. The lowest BCUT2D eigenvalue weighted by Gasteiger charge is -2.05. The highest BCUT2D eigenvalue weighted by molar-refractivity contribution is 5.93. The molecule has 4 nitrogen and oxygen atoms in total. The Bertz CT molecular complexity index is 969. The Kier molecular flexibility index (Phi) is 2.44. The lowest BCUT2D eigenvalue weighted by atomic mass is 10.0. The van der Waals surface area contributed by atoms with Gasteiger partial charge in [0.1, 0.15) is 5.82 Å². The van der Waals surface area contributed by atoms with Crippen molar-refractivity contribution in [2.24, 2.45) is 0 Å². The number of aromatic amines is 1. The Hall–Kier alpha value is -2.88. The largest absolute Gasteiger partial charge is 0.398 e. The SMILES string of the molecule is Cc1cnc2nc(-c3cc4ccccc4cc3N)[nH]c2c1. The van der Waals surface area contributed by atoms with Crippen LogP contribution in [-0.2, 0) is 0 Å². The number of aromatic nitrogens is 3. The van der Waals surface area contributed by atoms with Gasteiger partial charge in [-0.3, -0.25) is 0 Å². The molecule has 0 bridgehead atoms. The van der Waals surface area contributed by atoms with Crippen LogP contribution < -0.4 is 5.73 Å². The maximum atomic E-state index is 6.19. The van der Waals surface area contributed by atoms with Crippen LogP contribution in [0.2, 0.25) is 0 Å². The van der Waals surface area contributed by atoms with Crippen LogP contribution in [0.25, 0.3) is 33.3 Å². The smallest absolute Gasteiger partial charge is 0.178 e. The lowest BCUT2D eigenvalue weighted by molar-refractivity contribution is 1.28. The molecule has 0 radical (unpaired) electrons. The average molecular weight is 274 g/mol. The molecule has 2 aromatic carbocycles. The number of hydrogen-bond acceptors (Lipinski definition) is 3. The molecule has 0 aliphatic rings. The predicted molar refractivity (Wildman–Crippen MR) is 86.0 cm³/mol. The van der Waals surface area contributed by atoms with Crippen LogP contribution in [0.1, 0.15) is 5.56 Å². The number of nitrogens with zero attached hydrogens (tertiary/aromatic N) is 2. The van der Waals surface area contributed by atoms with Crippen LogP contribution in [0.4, 0.5) is 5.69 Å². The number of nitrogens with two attached hydrogens (primary N) is 1. The van der Waals surface area contributed by atoms with E-state index in [-0.39, 0.29) is 0 Å². The zero-order valence-electron chi connectivity index (χ0n) is 11.6. The number of rotatable bonds is 1. The molecule has 0 aliphatic carbocycles. The molecule has 21 heavy (non-hydrogen) atoms. The van der Waals surface area contributed by atoms with E-state index in [1.54, 1.807) is 0 Å². The van der Waals surface area contributed by atoms with Crippen LogP contribution in [-0.4, -0.2) is 15.0 Å². The Balaban J connectivity index is 1.96. The summed E-state index contributed by atoms with van der Waals surface area (Å²) in [7, 11) is 0. The first-order valence-corrected chi connectivity index (χ1v) is 6.82. The first-order chi connectivity index (χ1) is 10.2. The van der Waals surface area contributed by atoms with Crippen molar-refractivity contribution in [1.29, 1.82) is 0 Å². The molecule has 0 saturated heterocycles. The van der Waals surface area contributed by atoms with Gasteiger partial charge in [0.2, 0.25) is 0 Å². The molecular weight excluding hydrogens is 260 g/mol. The minimum Gasteiger partial charge on any atom is -0.398 e. The summed E-state index contributed by atoms with van der Waals surface area (Å²) in [6.07, 6.45) is 1.82. The summed E-state index contributed by atoms with van der Waals surface area (Å²) in [6, 6.07) is 14.2. The molecule has 0 atom stereocenters. The molecule has 4 rings (SSSR count). The molecule has 102 valence electrons. The van der Waals surface area contributed by atoms with E-state index in [1.165, 1.54) is 0 Å². The van der Waals surface area contributed by atoms with Crippen molar-refractivity contribution in [3.8, 4) is 11.4 Å². The number of nitrogens with one attached hydrogen (secondary N) is 1. The van der Waals surface area contributed by atoms with Gasteiger partial charge >= 0.3 is 0 Å². The highest BCUT2D eigenvalue weighted by Gasteiger charge is 2.10. The summed E-state index contributed by atoms with van der Waals surface area (Å²) in [6.45, 7) is 2.01. The quantitative estimate of drug-likeness (QED) is 0.520. The molecule has 4 heteroatoms. The third kappa shape index (κ3) is 1.92. The number of anilines is 1. The molecule has 0 fully saturated rings. The Labute approximate surface area is 121 Å². The fraction of sp³-hybridized carbons (Fsp3) is 0.0588.